The van der Waals surface area contributed by atoms with Gasteiger partial charge in [0.05, 0.1) is 10.2 Å². The Morgan fingerprint density at radius 3 is 2.42 bits per heavy atom. The number of aromatic nitrogens is 2. The van der Waals surface area contributed by atoms with Crippen LogP contribution in [0.25, 0.3) is 16.3 Å². The third-order valence-electron chi connectivity index (χ3n) is 4.33. The molecule has 0 spiro atoms. The Morgan fingerprint density at radius 2 is 1.78 bits per heavy atom. The molecule has 0 radical (unpaired) electrons. The van der Waals surface area contributed by atoms with Gasteiger partial charge < -0.3 is 9.47 Å². The molecule has 2 heterocycles. The molecule has 1 aromatic carbocycles. The first-order valence-electron chi connectivity index (χ1n) is 11.3. The Kier molecular flexibility index (Phi) is 8.00. The normalized spacial score (nSPS) is 11.6. The van der Waals surface area contributed by atoms with E-state index in [1.807, 2.05) is 59.8 Å². The van der Waals surface area contributed by atoms with Crippen molar-refractivity contribution < 1.29 is 19.1 Å². The van der Waals surface area contributed by atoms with Gasteiger partial charge >= 0.3 is 12.2 Å². The molecule has 8 nitrogen and oxygen atoms in total. The van der Waals surface area contributed by atoms with E-state index in [2.05, 4.69) is 27.1 Å². The second-order valence-corrected chi connectivity index (χ2v) is 11.0. The molecule has 0 aliphatic carbocycles. The fraction of sp³-hybridized carbons (Fsp3) is 0.333. The number of nitrogens with one attached hydrogen (secondary N) is 1. The van der Waals surface area contributed by atoms with Crippen LogP contribution >= 0.6 is 11.3 Å². The summed E-state index contributed by atoms with van der Waals surface area (Å²) in [5.41, 5.74) is 1.04. The van der Waals surface area contributed by atoms with Crippen molar-refractivity contribution in [2.24, 2.45) is 0 Å². The number of hydrogen-bond acceptors (Lipinski definition) is 7. The van der Waals surface area contributed by atoms with E-state index in [0.717, 1.165) is 15.2 Å². The van der Waals surface area contributed by atoms with Crippen LogP contribution in [-0.4, -0.2) is 40.4 Å². The predicted molar refractivity (Wildman–Crippen MR) is 144 cm³/mol. The van der Waals surface area contributed by atoms with Gasteiger partial charge in [-0.25, -0.2) is 19.6 Å². The summed E-state index contributed by atoms with van der Waals surface area (Å²) in [6.07, 6.45) is 4.18. The van der Waals surface area contributed by atoms with E-state index >= 15 is 0 Å². The van der Waals surface area contributed by atoms with E-state index in [1.54, 1.807) is 37.5 Å². The first kappa shape index (κ1) is 26.7. The van der Waals surface area contributed by atoms with Crippen LogP contribution < -0.4 is 10.2 Å². The van der Waals surface area contributed by atoms with E-state index in [1.165, 1.54) is 16.2 Å². The number of thiazole rings is 1. The van der Waals surface area contributed by atoms with E-state index in [4.69, 9.17) is 9.47 Å². The van der Waals surface area contributed by atoms with Crippen molar-refractivity contribution in [3.05, 3.63) is 53.2 Å². The number of fused-ring (bicyclic) bond motifs is 1. The number of rotatable bonds is 3. The Bertz CT molecular complexity index is 1340. The third kappa shape index (κ3) is 8.10. The van der Waals surface area contributed by atoms with Gasteiger partial charge in [-0.1, -0.05) is 11.8 Å². The summed E-state index contributed by atoms with van der Waals surface area (Å²) in [4.78, 5) is 34.4. The maximum Gasteiger partial charge on any atom is 0.415 e. The van der Waals surface area contributed by atoms with E-state index in [0.29, 0.717) is 17.1 Å². The number of hydrogen-bond donors (Lipinski definition) is 1. The number of carbonyl (C=O) groups is 2. The Morgan fingerprint density at radius 1 is 1.06 bits per heavy atom. The fourth-order valence-electron chi connectivity index (χ4n) is 2.83. The lowest BCUT2D eigenvalue weighted by atomic mass is 10.2. The highest BCUT2D eigenvalue weighted by Gasteiger charge is 2.21. The lowest BCUT2D eigenvalue weighted by molar-refractivity contribution is 0.0586. The van der Waals surface area contributed by atoms with Gasteiger partial charge in [0.25, 0.3) is 0 Å². The standard InChI is InChI=1S/C27H30N4O4S/c1-26(2,3)34-24(32)29-19-13-14-20-21(16-19)36-23(30-20)11-9-8-10-18-12-15-22(28-17-18)31(7)25(33)35-27(4,5)6/h9,11-17H,1-7H3,(H,29,32)/b11-9+. The smallest absolute Gasteiger partial charge is 0.415 e. The summed E-state index contributed by atoms with van der Waals surface area (Å²) in [6.45, 7) is 10.9. The Balaban J connectivity index is 1.62. The molecule has 0 fully saturated rings. The van der Waals surface area contributed by atoms with Crippen LogP contribution in [0.5, 0.6) is 0 Å². The number of nitrogens with zero attached hydrogens (tertiary/aromatic N) is 3. The molecular weight excluding hydrogens is 476 g/mol. The first-order valence-corrected chi connectivity index (χ1v) is 12.1. The molecule has 3 aromatic rings. The summed E-state index contributed by atoms with van der Waals surface area (Å²) in [6, 6.07) is 9.01. The van der Waals surface area contributed by atoms with Gasteiger partial charge in [0.15, 0.2) is 0 Å². The van der Waals surface area contributed by atoms with E-state index < -0.39 is 23.4 Å². The largest absolute Gasteiger partial charge is 0.444 e. The number of carbonyl (C=O) groups excluding carboxylic acids is 2. The third-order valence-corrected chi connectivity index (χ3v) is 5.32. The lowest BCUT2D eigenvalue weighted by Crippen LogP contribution is -2.34. The molecule has 0 bridgehead atoms. The molecule has 0 aliphatic rings. The van der Waals surface area contributed by atoms with Gasteiger partial charge in [-0.05, 0) is 84.0 Å². The number of amides is 2. The number of pyridine rings is 1. The number of benzene rings is 1. The van der Waals surface area contributed by atoms with Gasteiger partial charge in [0.1, 0.15) is 22.0 Å². The average Bonchev–Trinajstić information content (AvgIpc) is 3.16. The summed E-state index contributed by atoms with van der Waals surface area (Å²) in [5.74, 6) is 6.46. The molecule has 3 rings (SSSR count). The highest BCUT2D eigenvalue weighted by Crippen LogP contribution is 2.26. The van der Waals surface area contributed by atoms with Crippen molar-refractivity contribution >= 4 is 51.3 Å². The van der Waals surface area contributed by atoms with Crippen LogP contribution in [0.1, 0.15) is 52.1 Å². The summed E-state index contributed by atoms with van der Waals surface area (Å²) in [7, 11) is 1.61. The lowest BCUT2D eigenvalue weighted by Gasteiger charge is -2.24. The molecule has 0 aliphatic heterocycles. The predicted octanol–water partition coefficient (Wildman–Crippen LogP) is 6.47. The number of anilines is 2. The van der Waals surface area contributed by atoms with Crippen molar-refractivity contribution in [3.8, 4) is 11.8 Å². The Hall–Kier alpha value is -3.90. The van der Waals surface area contributed by atoms with Crippen LogP contribution in [0.4, 0.5) is 21.1 Å². The molecule has 0 saturated heterocycles. The minimum Gasteiger partial charge on any atom is -0.444 e. The van der Waals surface area contributed by atoms with Crippen molar-refractivity contribution in [1.29, 1.82) is 0 Å². The maximum atomic E-state index is 12.2. The zero-order valence-corrected chi connectivity index (χ0v) is 22.3. The SMILES string of the molecule is CN(C(=O)OC(C)(C)C)c1ccc(C#C/C=C/c2nc3ccc(NC(=O)OC(C)(C)C)cc3s2)cn1. The van der Waals surface area contributed by atoms with Crippen LogP contribution in [0.3, 0.4) is 0 Å². The molecular formula is C27H30N4O4S. The van der Waals surface area contributed by atoms with Crippen LogP contribution in [0.2, 0.25) is 0 Å². The monoisotopic (exact) mass is 506 g/mol. The highest BCUT2D eigenvalue weighted by atomic mass is 32.1. The molecule has 188 valence electrons. The average molecular weight is 507 g/mol. The van der Waals surface area contributed by atoms with Gasteiger partial charge in [0.2, 0.25) is 0 Å². The molecule has 2 aromatic heterocycles. The Labute approximate surface area is 215 Å². The molecule has 0 atom stereocenters. The molecule has 2 amide bonds. The maximum absolute atomic E-state index is 12.2. The highest BCUT2D eigenvalue weighted by molar-refractivity contribution is 7.19. The molecule has 1 N–H and O–H groups in total. The van der Waals surface area contributed by atoms with Gasteiger partial charge in [-0.15, -0.1) is 11.3 Å². The summed E-state index contributed by atoms with van der Waals surface area (Å²) < 4.78 is 11.6. The van der Waals surface area contributed by atoms with Crippen molar-refractivity contribution in [3.63, 3.8) is 0 Å². The molecule has 0 saturated carbocycles. The minimum absolute atomic E-state index is 0.472. The van der Waals surface area contributed by atoms with Crippen molar-refractivity contribution in [1.82, 2.24) is 9.97 Å². The van der Waals surface area contributed by atoms with Crippen LogP contribution in [0.15, 0.2) is 42.6 Å². The quantitative estimate of drug-likeness (QED) is 0.409. The fourth-order valence-corrected chi connectivity index (χ4v) is 3.74. The molecule has 9 heteroatoms. The zero-order chi connectivity index (χ0) is 26.5. The summed E-state index contributed by atoms with van der Waals surface area (Å²) in [5, 5.41) is 3.53. The topological polar surface area (TPSA) is 93.7 Å². The molecule has 0 unspecified atom stereocenters. The second kappa shape index (κ2) is 10.8. The number of ether oxygens (including phenoxy) is 2. The van der Waals surface area contributed by atoms with E-state index in [-0.39, 0.29) is 0 Å². The van der Waals surface area contributed by atoms with Gasteiger partial charge in [0, 0.05) is 24.5 Å². The van der Waals surface area contributed by atoms with Crippen LogP contribution in [-0.2, 0) is 9.47 Å². The van der Waals surface area contributed by atoms with Gasteiger partial charge in [-0.3, -0.25) is 10.2 Å². The van der Waals surface area contributed by atoms with E-state index in [9.17, 15) is 9.59 Å². The number of allylic oxidation sites excluding steroid dienone is 1. The first-order chi connectivity index (χ1) is 16.8. The second-order valence-electron chi connectivity index (χ2n) is 9.91. The zero-order valence-electron chi connectivity index (χ0n) is 21.5. The molecule has 36 heavy (non-hydrogen) atoms. The van der Waals surface area contributed by atoms with Crippen LogP contribution in [0, 0.1) is 11.8 Å². The summed E-state index contributed by atoms with van der Waals surface area (Å²) >= 11 is 1.49. The minimum atomic E-state index is -0.578. The van der Waals surface area contributed by atoms with Crippen molar-refractivity contribution in [2.45, 2.75) is 52.7 Å². The van der Waals surface area contributed by atoms with Gasteiger partial charge in [-0.2, -0.15) is 0 Å². The van der Waals surface area contributed by atoms with Crippen molar-refractivity contribution in [2.75, 3.05) is 17.3 Å².